The van der Waals surface area contributed by atoms with E-state index < -0.39 is 5.82 Å². The van der Waals surface area contributed by atoms with E-state index in [9.17, 15) is 9.18 Å². The number of piperidine rings is 1. The van der Waals surface area contributed by atoms with E-state index in [-0.39, 0.29) is 17.6 Å². The summed E-state index contributed by atoms with van der Waals surface area (Å²) in [6, 6.07) is 4.05. The lowest BCUT2D eigenvalue weighted by molar-refractivity contribution is 0.0808. The van der Waals surface area contributed by atoms with Gasteiger partial charge >= 0.3 is 0 Å². The molecule has 0 bridgehead atoms. The Kier molecular flexibility index (Phi) is 5.23. The molecule has 1 aliphatic rings. The van der Waals surface area contributed by atoms with Crippen molar-refractivity contribution < 1.29 is 13.9 Å². The molecule has 6 nitrogen and oxygen atoms in total. The number of benzene rings is 1. The normalized spacial score (nSPS) is 18.1. The molecule has 25 heavy (non-hydrogen) atoms. The molecule has 0 spiro atoms. The first-order valence-electron chi connectivity index (χ1n) is 8.23. The zero-order valence-corrected chi connectivity index (χ0v) is 14.1. The minimum atomic E-state index is -0.434. The van der Waals surface area contributed by atoms with Crippen molar-refractivity contribution in [2.75, 3.05) is 25.9 Å². The zero-order chi connectivity index (χ0) is 17.8. The smallest absolute Gasteiger partial charge is 0.219 e. The summed E-state index contributed by atoms with van der Waals surface area (Å²) in [6.07, 6.45) is 5.09. The van der Waals surface area contributed by atoms with Crippen molar-refractivity contribution >= 4 is 11.7 Å². The number of ether oxygens (including phenoxy) is 1. The molecule has 0 radical (unpaired) electrons. The molecule has 1 atom stereocenters. The van der Waals surface area contributed by atoms with Crippen molar-refractivity contribution in [2.24, 2.45) is 5.92 Å². The van der Waals surface area contributed by atoms with Gasteiger partial charge in [-0.05, 0) is 37.6 Å². The van der Waals surface area contributed by atoms with Gasteiger partial charge in [-0.25, -0.2) is 14.4 Å². The molecule has 7 heteroatoms. The van der Waals surface area contributed by atoms with Crippen LogP contribution in [0.15, 0.2) is 30.6 Å². The van der Waals surface area contributed by atoms with E-state index in [2.05, 4.69) is 14.9 Å². The van der Waals surface area contributed by atoms with Gasteiger partial charge in [-0.1, -0.05) is 0 Å². The van der Waals surface area contributed by atoms with Gasteiger partial charge in [-0.3, -0.25) is 9.69 Å². The number of likely N-dealkylation sites (tertiary alicyclic amines) is 1. The average molecular weight is 344 g/mol. The number of ketones is 1. The molecule has 0 saturated carbocycles. The highest BCUT2D eigenvalue weighted by Crippen LogP contribution is 2.27. The predicted octanol–water partition coefficient (Wildman–Crippen LogP) is 2.30. The number of nitrogens with zero attached hydrogens (tertiary/aromatic N) is 3. The van der Waals surface area contributed by atoms with Crippen LogP contribution in [0.1, 0.15) is 28.8 Å². The third-order valence-electron chi connectivity index (χ3n) is 4.43. The van der Waals surface area contributed by atoms with Crippen LogP contribution in [-0.4, -0.2) is 40.9 Å². The number of Topliss-reactive ketones (excluding diaryl/α,β-unsaturated/α-hetero) is 1. The lowest BCUT2D eigenvalue weighted by Gasteiger charge is -2.32. The Balaban J connectivity index is 1.71. The van der Waals surface area contributed by atoms with Crippen molar-refractivity contribution in [2.45, 2.75) is 19.4 Å². The van der Waals surface area contributed by atoms with Crippen molar-refractivity contribution in [3.8, 4) is 5.75 Å². The number of carbonyl (C=O) groups is 1. The van der Waals surface area contributed by atoms with Crippen molar-refractivity contribution in [3.63, 3.8) is 0 Å². The molecule has 3 rings (SSSR count). The highest BCUT2D eigenvalue weighted by molar-refractivity contribution is 6.00. The quantitative estimate of drug-likeness (QED) is 0.838. The summed E-state index contributed by atoms with van der Waals surface area (Å²) in [4.78, 5) is 23.0. The Morgan fingerprint density at radius 2 is 2.16 bits per heavy atom. The van der Waals surface area contributed by atoms with Gasteiger partial charge in [0.1, 0.15) is 11.6 Å². The number of hydrogen-bond donors (Lipinski definition) is 1. The van der Waals surface area contributed by atoms with E-state index in [0.29, 0.717) is 24.4 Å². The highest BCUT2D eigenvalue weighted by Gasteiger charge is 2.28. The number of nitrogens with two attached hydrogens (primary N) is 1. The van der Waals surface area contributed by atoms with Gasteiger partial charge < -0.3 is 10.5 Å². The third kappa shape index (κ3) is 4.11. The molecule has 1 aromatic heterocycles. The molecule has 1 aliphatic heterocycles. The predicted molar refractivity (Wildman–Crippen MR) is 91.7 cm³/mol. The van der Waals surface area contributed by atoms with Gasteiger partial charge in [0.25, 0.3) is 0 Å². The van der Waals surface area contributed by atoms with Gasteiger partial charge in [-0.2, -0.15) is 0 Å². The molecule has 1 aromatic carbocycles. The number of anilines is 1. The standard InChI is InChI=1S/C18H21FN4O2/c1-25-16-5-4-14(19)7-15(16)17(24)13-3-2-6-23(11-13)10-12-8-21-18(20)22-9-12/h4-5,7-9,13H,2-3,6,10-11H2,1H3,(H2,20,21,22)/t13-/m1/s1. The summed E-state index contributed by atoms with van der Waals surface area (Å²) in [5, 5.41) is 0. The molecule has 0 unspecified atom stereocenters. The Hall–Kier alpha value is -2.54. The summed E-state index contributed by atoms with van der Waals surface area (Å²) >= 11 is 0. The van der Waals surface area contributed by atoms with Crippen molar-refractivity contribution in [1.29, 1.82) is 0 Å². The van der Waals surface area contributed by atoms with Crippen LogP contribution < -0.4 is 10.5 Å². The number of carbonyl (C=O) groups excluding carboxylic acids is 1. The van der Waals surface area contributed by atoms with Crippen LogP contribution in [0.3, 0.4) is 0 Å². The van der Waals surface area contributed by atoms with Gasteiger partial charge in [0.15, 0.2) is 5.78 Å². The number of aromatic nitrogens is 2. The summed E-state index contributed by atoms with van der Waals surface area (Å²) in [5.74, 6) is -0.0336. The fourth-order valence-electron chi connectivity index (χ4n) is 3.21. The molecule has 1 fully saturated rings. The molecular weight excluding hydrogens is 323 g/mol. The van der Waals surface area contributed by atoms with Crippen molar-refractivity contribution in [3.05, 3.63) is 47.5 Å². The number of halogens is 1. The minimum Gasteiger partial charge on any atom is -0.496 e. The largest absolute Gasteiger partial charge is 0.496 e. The van der Waals surface area contributed by atoms with E-state index in [1.165, 1.54) is 25.3 Å². The fourth-order valence-corrected chi connectivity index (χ4v) is 3.21. The SMILES string of the molecule is COc1ccc(F)cc1C(=O)[C@@H]1CCCN(Cc2cnc(N)nc2)C1. The second kappa shape index (κ2) is 7.57. The fraction of sp³-hybridized carbons (Fsp3) is 0.389. The summed E-state index contributed by atoms with van der Waals surface area (Å²) in [6.45, 7) is 2.17. The van der Waals surface area contributed by atoms with Crippen LogP contribution >= 0.6 is 0 Å². The minimum absolute atomic E-state index is 0.0744. The molecule has 2 aromatic rings. The monoisotopic (exact) mass is 344 g/mol. The lowest BCUT2D eigenvalue weighted by Crippen LogP contribution is -2.38. The topological polar surface area (TPSA) is 81.3 Å². The number of rotatable bonds is 5. The first-order chi connectivity index (χ1) is 12.1. The number of nitrogen functional groups attached to an aromatic ring is 1. The number of hydrogen-bond acceptors (Lipinski definition) is 6. The second-order valence-electron chi connectivity index (χ2n) is 6.23. The second-order valence-corrected chi connectivity index (χ2v) is 6.23. The molecule has 0 aliphatic carbocycles. The Morgan fingerprint density at radius 1 is 1.40 bits per heavy atom. The van der Waals surface area contributed by atoms with Crippen LogP contribution in [0.2, 0.25) is 0 Å². The summed E-state index contributed by atoms with van der Waals surface area (Å²) in [7, 11) is 1.48. The molecule has 1 saturated heterocycles. The molecule has 132 valence electrons. The van der Waals surface area contributed by atoms with Crippen molar-refractivity contribution in [1.82, 2.24) is 14.9 Å². The van der Waals surface area contributed by atoms with Crippen LogP contribution in [-0.2, 0) is 6.54 Å². The molecule has 2 heterocycles. The maximum absolute atomic E-state index is 13.6. The van der Waals surface area contributed by atoms with E-state index in [0.717, 1.165) is 24.9 Å². The van der Waals surface area contributed by atoms with Crippen LogP contribution in [0.25, 0.3) is 0 Å². The van der Waals surface area contributed by atoms with Gasteiger partial charge in [-0.15, -0.1) is 0 Å². The molecule has 2 N–H and O–H groups in total. The summed E-state index contributed by atoms with van der Waals surface area (Å²) < 4.78 is 18.8. The Bertz CT molecular complexity index is 751. The number of methoxy groups -OCH3 is 1. The van der Waals surface area contributed by atoms with Gasteiger partial charge in [0.2, 0.25) is 5.95 Å². The van der Waals surface area contributed by atoms with E-state index in [1.807, 2.05) is 0 Å². The highest BCUT2D eigenvalue weighted by atomic mass is 19.1. The molecular formula is C18H21FN4O2. The lowest BCUT2D eigenvalue weighted by atomic mass is 9.89. The van der Waals surface area contributed by atoms with E-state index >= 15 is 0 Å². The maximum atomic E-state index is 13.6. The zero-order valence-electron chi connectivity index (χ0n) is 14.1. The average Bonchev–Trinajstić information content (AvgIpc) is 2.63. The summed E-state index contributed by atoms with van der Waals surface area (Å²) in [5.41, 5.74) is 6.76. The third-order valence-corrected chi connectivity index (χ3v) is 4.43. The van der Waals surface area contributed by atoms with Crippen LogP contribution in [0, 0.1) is 11.7 Å². The van der Waals surface area contributed by atoms with E-state index in [4.69, 9.17) is 10.5 Å². The van der Waals surface area contributed by atoms with E-state index in [1.54, 1.807) is 12.4 Å². The Morgan fingerprint density at radius 3 is 2.88 bits per heavy atom. The van der Waals surface area contributed by atoms with Crippen LogP contribution in [0.4, 0.5) is 10.3 Å². The van der Waals surface area contributed by atoms with Gasteiger partial charge in [0, 0.05) is 37.0 Å². The first kappa shape index (κ1) is 17.3. The first-order valence-corrected chi connectivity index (χ1v) is 8.23. The molecule has 0 amide bonds. The maximum Gasteiger partial charge on any atom is 0.219 e. The van der Waals surface area contributed by atoms with Crippen LogP contribution in [0.5, 0.6) is 5.75 Å². The van der Waals surface area contributed by atoms with Gasteiger partial charge in [0.05, 0.1) is 12.7 Å². The Labute approximate surface area is 145 Å².